The SMILES string of the molecule is Cc1cc(Br)ccc1NC(=O)CN(C)C(=O)/C=C/c1cccc([N+](=O)[O-])c1. The minimum atomic E-state index is -0.500. The Morgan fingerprint density at radius 3 is 2.67 bits per heavy atom. The predicted molar refractivity (Wildman–Crippen MR) is 107 cm³/mol. The van der Waals surface area contributed by atoms with E-state index in [1.54, 1.807) is 18.2 Å². The van der Waals surface area contributed by atoms with Crippen molar-refractivity contribution in [3.8, 4) is 0 Å². The second-order valence-electron chi connectivity index (χ2n) is 5.89. The van der Waals surface area contributed by atoms with E-state index in [-0.39, 0.29) is 24.0 Å². The number of benzene rings is 2. The number of aryl methyl sites for hydroxylation is 1. The van der Waals surface area contributed by atoms with Crippen LogP contribution in [0.1, 0.15) is 11.1 Å². The lowest BCUT2D eigenvalue weighted by molar-refractivity contribution is -0.384. The number of nitro benzene ring substituents is 1. The number of anilines is 1. The maximum absolute atomic E-state index is 12.2. The Morgan fingerprint density at radius 1 is 1.26 bits per heavy atom. The molecule has 8 heteroatoms. The average Bonchev–Trinajstić information content (AvgIpc) is 2.62. The number of halogens is 1. The minimum Gasteiger partial charge on any atom is -0.333 e. The Balaban J connectivity index is 1.95. The molecule has 0 saturated heterocycles. The quantitative estimate of drug-likeness (QED) is 0.427. The molecule has 2 amide bonds. The Kier molecular flexibility index (Phi) is 6.84. The highest BCUT2D eigenvalue weighted by atomic mass is 79.9. The van der Waals surface area contributed by atoms with Gasteiger partial charge in [-0.1, -0.05) is 28.1 Å². The normalized spacial score (nSPS) is 10.6. The molecule has 1 N–H and O–H groups in total. The Labute approximate surface area is 165 Å². The zero-order chi connectivity index (χ0) is 20.0. The number of likely N-dealkylation sites (N-methyl/N-ethyl adjacent to an activating group) is 1. The molecular weight excluding hydrogens is 414 g/mol. The number of nitrogens with one attached hydrogen (secondary N) is 1. The van der Waals surface area contributed by atoms with Gasteiger partial charge in [-0.15, -0.1) is 0 Å². The fourth-order valence-electron chi connectivity index (χ4n) is 2.29. The summed E-state index contributed by atoms with van der Waals surface area (Å²) in [6.45, 7) is 1.75. The molecule has 0 radical (unpaired) electrons. The minimum absolute atomic E-state index is 0.0535. The van der Waals surface area contributed by atoms with E-state index in [0.717, 1.165) is 10.0 Å². The van der Waals surface area contributed by atoms with Gasteiger partial charge in [0.1, 0.15) is 0 Å². The van der Waals surface area contributed by atoms with Crippen molar-refractivity contribution in [2.24, 2.45) is 0 Å². The van der Waals surface area contributed by atoms with Gasteiger partial charge in [0, 0.05) is 35.4 Å². The van der Waals surface area contributed by atoms with Crippen molar-refractivity contribution in [3.05, 3.63) is 74.3 Å². The van der Waals surface area contributed by atoms with Crippen LogP contribution in [0.3, 0.4) is 0 Å². The summed E-state index contributed by atoms with van der Waals surface area (Å²) in [5, 5.41) is 13.5. The van der Waals surface area contributed by atoms with Crippen LogP contribution < -0.4 is 5.32 Å². The second kappa shape index (κ2) is 9.09. The molecule has 0 saturated carbocycles. The van der Waals surface area contributed by atoms with Crippen molar-refractivity contribution in [1.29, 1.82) is 0 Å². The fourth-order valence-corrected chi connectivity index (χ4v) is 2.76. The zero-order valence-electron chi connectivity index (χ0n) is 14.8. The summed E-state index contributed by atoms with van der Waals surface area (Å²) in [6, 6.07) is 11.4. The van der Waals surface area contributed by atoms with Gasteiger partial charge in [0.25, 0.3) is 5.69 Å². The number of amides is 2. The van der Waals surface area contributed by atoms with Crippen LogP contribution in [0, 0.1) is 17.0 Å². The van der Waals surface area contributed by atoms with Crippen LogP contribution in [0.15, 0.2) is 53.0 Å². The van der Waals surface area contributed by atoms with Gasteiger partial charge < -0.3 is 10.2 Å². The standard InChI is InChI=1S/C19H18BrN3O4/c1-13-10-15(20)7-8-17(13)21-18(24)12-22(2)19(25)9-6-14-4-3-5-16(11-14)23(26)27/h3-11H,12H2,1-2H3,(H,21,24)/b9-6+. The molecule has 0 aliphatic heterocycles. The van der Waals surface area contributed by atoms with Gasteiger partial charge in [0.2, 0.25) is 11.8 Å². The van der Waals surface area contributed by atoms with Crippen LogP contribution in [0.4, 0.5) is 11.4 Å². The first-order valence-electron chi connectivity index (χ1n) is 8.00. The van der Waals surface area contributed by atoms with E-state index < -0.39 is 4.92 Å². The second-order valence-corrected chi connectivity index (χ2v) is 6.80. The van der Waals surface area contributed by atoms with Gasteiger partial charge >= 0.3 is 0 Å². The van der Waals surface area contributed by atoms with Gasteiger partial charge in [-0.05, 0) is 42.3 Å². The van der Waals surface area contributed by atoms with E-state index in [0.29, 0.717) is 11.3 Å². The third-order valence-electron chi connectivity index (χ3n) is 3.72. The van der Waals surface area contributed by atoms with Gasteiger partial charge in [-0.3, -0.25) is 19.7 Å². The lowest BCUT2D eigenvalue weighted by Crippen LogP contribution is -2.34. The zero-order valence-corrected chi connectivity index (χ0v) is 16.4. The van der Waals surface area contributed by atoms with Crippen molar-refractivity contribution in [2.75, 3.05) is 18.9 Å². The summed E-state index contributed by atoms with van der Waals surface area (Å²) >= 11 is 3.36. The third-order valence-corrected chi connectivity index (χ3v) is 4.21. The molecule has 0 unspecified atom stereocenters. The molecule has 7 nitrogen and oxygen atoms in total. The predicted octanol–water partition coefficient (Wildman–Crippen LogP) is 3.78. The number of non-ortho nitro benzene ring substituents is 1. The average molecular weight is 432 g/mol. The Bertz CT molecular complexity index is 912. The molecule has 140 valence electrons. The summed E-state index contributed by atoms with van der Waals surface area (Å²) in [7, 11) is 1.51. The maximum atomic E-state index is 12.2. The van der Waals surface area contributed by atoms with Crippen molar-refractivity contribution in [2.45, 2.75) is 6.92 Å². The highest BCUT2D eigenvalue weighted by molar-refractivity contribution is 9.10. The number of hydrogen-bond acceptors (Lipinski definition) is 4. The molecule has 0 aliphatic rings. The smallest absolute Gasteiger partial charge is 0.270 e. The maximum Gasteiger partial charge on any atom is 0.270 e. The molecule has 0 heterocycles. The first kappa shape index (κ1) is 20.3. The van der Waals surface area contributed by atoms with E-state index in [9.17, 15) is 19.7 Å². The molecular formula is C19H18BrN3O4. The summed E-state index contributed by atoms with van der Waals surface area (Å²) in [5.41, 5.74) is 2.05. The molecule has 0 aromatic heterocycles. The molecule has 0 spiro atoms. The molecule has 0 fully saturated rings. The number of nitro groups is 1. The van der Waals surface area contributed by atoms with Crippen LogP contribution >= 0.6 is 15.9 Å². The molecule has 2 aromatic carbocycles. The fraction of sp³-hybridized carbons (Fsp3) is 0.158. The first-order valence-corrected chi connectivity index (χ1v) is 8.79. The van der Waals surface area contributed by atoms with Gasteiger partial charge in [0.05, 0.1) is 11.5 Å². The number of hydrogen-bond donors (Lipinski definition) is 1. The van der Waals surface area contributed by atoms with Crippen molar-refractivity contribution < 1.29 is 14.5 Å². The van der Waals surface area contributed by atoms with E-state index in [4.69, 9.17) is 0 Å². The molecule has 2 rings (SSSR count). The highest BCUT2D eigenvalue weighted by Gasteiger charge is 2.12. The summed E-state index contributed by atoms with van der Waals surface area (Å²) < 4.78 is 0.914. The number of nitrogens with zero attached hydrogens (tertiary/aromatic N) is 2. The van der Waals surface area contributed by atoms with Crippen LogP contribution in [0.5, 0.6) is 0 Å². The summed E-state index contributed by atoms with van der Waals surface area (Å²) in [6.07, 6.45) is 2.75. The van der Waals surface area contributed by atoms with Crippen molar-refractivity contribution in [3.63, 3.8) is 0 Å². The molecule has 2 aromatic rings. The third kappa shape index (κ3) is 6.03. The van der Waals surface area contributed by atoms with Crippen LogP contribution in [-0.2, 0) is 9.59 Å². The lowest BCUT2D eigenvalue weighted by atomic mass is 10.2. The monoisotopic (exact) mass is 431 g/mol. The van der Waals surface area contributed by atoms with Gasteiger partial charge in [-0.25, -0.2) is 0 Å². The number of carbonyl (C=O) groups excluding carboxylic acids is 2. The topological polar surface area (TPSA) is 92.6 Å². The van der Waals surface area contributed by atoms with E-state index in [1.807, 2.05) is 19.1 Å². The van der Waals surface area contributed by atoms with E-state index >= 15 is 0 Å². The van der Waals surface area contributed by atoms with Crippen LogP contribution in [0.2, 0.25) is 0 Å². The van der Waals surface area contributed by atoms with Crippen LogP contribution in [-0.4, -0.2) is 35.2 Å². The lowest BCUT2D eigenvalue weighted by Gasteiger charge is -2.15. The highest BCUT2D eigenvalue weighted by Crippen LogP contribution is 2.20. The van der Waals surface area contributed by atoms with Crippen molar-refractivity contribution in [1.82, 2.24) is 4.90 Å². The molecule has 0 bridgehead atoms. The number of rotatable bonds is 6. The summed E-state index contributed by atoms with van der Waals surface area (Å²) in [5.74, 6) is -0.704. The first-order chi connectivity index (χ1) is 12.8. The van der Waals surface area contributed by atoms with Gasteiger partial charge in [-0.2, -0.15) is 0 Å². The molecule has 0 aliphatic carbocycles. The number of carbonyl (C=O) groups is 2. The van der Waals surface area contributed by atoms with E-state index in [1.165, 1.54) is 36.2 Å². The largest absolute Gasteiger partial charge is 0.333 e. The Hall–Kier alpha value is -3.00. The Morgan fingerprint density at radius 2 is 2.00 bits per heavy atom. The van der Waals surface area contributed by atoms with Crippen LogP contribution in [0.25, 0.3) is 6.08 Å². The van der Waals surface area contributed by atoms with Gasteiger partial charge in [0.15, 0.2) is 0 Å². The molecule has 0 atom stereocenters. The molecule has 27 heavy (non-hydrogen) atoms. The van der Waals surface area contributed by atoms with E-state index in [2.05, 4.69) is 21.2 Å². The van der Waals surface area contributed by atoms with Crippen molar-refractivity contribution >= 4 is 45.2 Å². The summed E-state index contributed by atoms with van der Waals surface area (Å²) in [4.78, 5) is 35.8.